The van der Waals surface area contributed by atoms with Crippen LogP contribution in [0.2, 0.25) is 0 Å². The van der Waals surface area contributed by atoms with Gasteiger partial charge in [-0.25, -0.2) is 4.79 Å². The van der Waals surface area contributed by atoms with Crippen LogP contribution in [0.5, 0.6) is 0 Å². The molecule has 0 unspecified atom stereocenters. The Labute approximate surface area is 141 Å². The summed E-state index contributed by atoms with van der Waals surface area (Å²) in [6, 6.07) is 7.42. The number of benzene rings is 1. The van der Waals surface area contributed by atoms with E-state index in [4.69, 9.17) is 5.73 Å². The first-order valence-corrected chi connectivity index (χ1v) is 7.98. The number of hydrogen-bond donors (Lipinski definition) is 4. The largest absolute Gasteiger partial charge is 0.480 e. The van der Waals surface area contributed by atoms with E-state index in [2.05, 4.69) is 10.6 Å². The highest BCUT2D eigenvalue weighted by Crippen LogP contribution is 2.06. The van der Waals surface area contributed by atoms with E-state index in [0.717, 1.165) is 5.56 Å². The van der Waals surface area contributed by atoms with Crippen LogP contribution in [-0.4, -0.2) is 41.5 Å². The number of nitrogens with one attached hydrogen (secondary N) is 2. The molecular weight excluding hydrogens is 310 g/mol. The number of carbonyl (C=O) groups is 3. The Balaban J connectivity index is 2.74. The molecule has 24 heavy (non-hydrogen) atoms. The van der Waals surface area contributed by atoms with Crippen molar-refractivity contribution in [3.05, 3.63) is 35.9 Å². The molecule has 0 aromatic heterocycles. The molecule has 0 aliphatic carbocycles. The molecule has 1 rings (SSSR count). The maximum Gasteiger partial charge on any atom is 0.326 e. The highest BCUT2D eigenvalue weighted by Gasteiger charge is 2.25. The van der Waals surface area contributed by atoms with Crippen LogP contribution in [0.4, 0.5) is 0 Å². The van der Waals surface area contributed by atoms with E-state index in [0.29, 0.717) is 32.2 Å². The molecule has 1 aromatic carbocycles. The summed E-state index contributed by atoms with van der Waals surface area (Å²) in [7, 11) is 0. The molecule has 0 radical (unpaired) electrons. The number of carboxylic acid groups (broad SMARTS) is 1. The van der Waals surface area contributed by atoms with Crippen molar-refractivity contribution in [1.82, 2.24) is 10.6 Å². The molecule has 2 atom stereocenters. The zero-order chi connectivity index (χ0) is 17.9. The van der Waals surface area contributed by atoms with Gasteiger partial charge in [0.15, 0.2) is 0 Å². The van der Waals surface area contributed by atoms with Gasteiger partial charge >= 0.3 is 5.97 Å². The van der Waals surface area contributed by atoms with E-state index in [1.807, 2.05) is 30.3 Å². The Bertz CT molecular complexity index is 548. The molecule has 132 valence electrons. The minimum Gasteiger partial charge on any atom is -0.480 e. The van der Waals surface area contributed by atoms with Gasteiger partial charge in [-0.15, -0.1) is 0 Å². The van der Waals surface area contributed by atoms with Crippen LogP contribution in [0.3, 0.4) is 0 Å². The number of amides is 2. The fraction of sp³-hybridized carbons (Fsp3) is 0.471. The summed E-state index contributed by atoms with van der Waals surface area (Å²) in [4.78, 5) is 35.1. The van der Waals surface area contributed by atoms with E-state index in [1.165, 1.54) is 6.92 Å². The third-order valence-electron chi connectivity index (χ3n) is 3.54. The zero-order valence-corrected chi connectivity index (χ0v) is 13.8. The SMILES string of the molecule is CC(=O)N[C@H](Cc1ccccc1)C(=O)N[C@@H](CCCCN)C(=O)O. The summed E-state index contributed by atoms with van der Waals surface area (Å²) in [6.45, 7) is 1.80. The van der Waals surface area contributed by atoms with Crippen molar-refractivity contribution in [3.63, 3.8) is 0 Å². The fourth-order valence-corrected chi connectivity index (χ4v) is 2.33. The average molecular weight is 335 g/mol. The fourth-order valence-electron chi connectivity index (χ4n) is 2.33. The summed E-state index contributed by atoms with van der Waals surface area (Å²) < 4.78 is 0. The molecule has 0 heterocycles. The molecule has 0 aliphatic rings. The first kappa shape index (κ1) is 19.6. The third kappa shape index (κ3) is 7.23. The third-order valence-corrected chi connectivity index (χ3v) is 3.54. The van der Waals surface area contributed by atoms with Crippen LogP contribution in [0.25, 0.3) is 0 Å². The van der Waals surface area contributed by atoms with Crippen molar-refractivity contribution in [2.24, 2.45) is 5.73 Å². The Kier molecular flexibility index (Phi) is 8.49. The van der Waals surface area contributed by atoms with Crippen LogP contribution in [0.15, 0.2) is 30.3 Å². The summed E-state index contributed by atoms with van der Waals surface area (Å²) in [6.07, 6.45) is 1.90. The maximum absolute atomic E-state index is 12.4. The molecule has 0 saturated heterocycles. The van der Waals surface area contributed by atoms with Gasteiger partial charge < -0.3 is 21.5 Å². The second-order valence-corrected chi connectivity index (χ2v) is 5.63. The van der Waals surface area contributed by atoms with Crippen molar-refractivity contribution < 1.29 is 19.5 Å². The van der Waals surface area contributed by atoms with Crippen LogP contribution in [0, 0.1) is 0 Å². The van der Waals surface area contributed by atoms with E-state index in [-0.39, 0.29) is 5.91 Å². The number of carboxylic acids is 1. The van der Waals surface area contributed by atoms with Crippen LogP contribution in [0.1, 0.15) is 31.7 Å². The van der Waals surface area contributed by atoms with Gasteiger partial charge in [0.25, 0.3) is 0 Å². The Morgan fingerprint density at radius 3 is 2.29 bits per heavy atom. The zero-order valence-electron chi connectivity index (χ0n) is 13.8. The first-order valence-electron chi connectivity index (χ1n) is 7.98. The van der Waals surface area contributed by atoms with Crippen LogP contribution < -0.4 is 16.4 Å². The molecule has 0 aliphatic heterocycles. The second-order valence-electron chi connectivity index (χ2n) is 5.63. The molecule has 5 N–H and O–H groups in total. The van der Waals surface area contributed by atoms with Gasteiger partial charge in [-0.2, -0.15) is 0 Å². The van der Waals surface area contributed by atoms with Gasteiger partial charge in [-0.3, -0.25) is 9.59 Å². The standard InChI is InChI=1S/C17H25N3O4/c1-12(21)19-15(11-13-7-3-2-4-8-13)16(22)20-14(17(23)24)9-5-6-10-18/h2-4,7-8,14-15H,5-6,9-11,18H2,1H3,(H,19,21)(H,20,22)(H,23,24)/t14-,15+/m0/s1. The average Bonchev–Trinajstić information content (AvgIpc) is 2.53. The molecule has 0 saturated carbocycles. The second kappa shape index (κ2) is 10.4. The highest BCUT2D eigenvalue weighted by atomic mass is 16.4. The minimum atomic E-state index is -1.10. The van der Waals surface area contributed by atoms with Gasteiger partial charge in [-0.05, 0) is 31.4 Å². The molecule has 0 fully saturated rings. The summed E-state index contributed by atoms with van der Waals surface area (Å²) >= 11 is 0. The maximum atomic E-state index is 12.4. The van der Waals surface area contributed by atoms with E-state index in [9.17, 15) is 19.5 Å². The van der Waals surface area contributed by atoms with E-state index >= 15 is 0 Å². The number of aliphatic carboxylic acids is 1. The number of rotatable bonds is 10. The molecule has 0 spiro atoms. The summed E-state index contributed by atoms with van der Waals surface area (Å²) in [5.74, 6) is -1.95. The minimum absolute atomic E-state index is 0.293. The Morgan fingerprint density at radius 1 is 1.08 bits per heavy atom. The number of carbonyl (C=O) groups excluding carboxylic acids is 2. The van der Waals surface area contributed by atoms with Crippen molar-refractivity contribution in [1.29, 1.82) is 0 Å². The molecule has 7 nitrogen and oxygen atoms in total. The lowest BCUT2D eigenvalue weighted by molar-refractivity contribution is -0.142. The molecule has 7 heteroatoms. The molecule has 2 amide bonds. The van der Waals surface area contributed by atoms with Gasteiger partial charge in [0, 0.05) is 13.3 Å². The van der Waals surface area contributed by atoms with Crippen molar-refractivity contribution in [3.8, 4) is 0 Å². The van der Waals surface area contributed by atoms with Gasteiger partial charge in [-0.1, -0.05) is 30.3 Å². The topological polar surface area (TPSA) is 122 Å². The monoisotopic (exact) mass is 335 g/mol. The van der Waals surface area contributed by atoms with Crippen LogP contribution >= 0.6 is 0 Å². The molecule has 1 aromatic rings. The quantitative estimate of drug-likeness (QED) is 0.462. The Morgan fingerprint density at radius 2 is 1.75 bits per heavy atom. The van der Waals surface area contributed by atoms with Crippen molar-refractivity contribution >= 4 is 17.8 Å². The number of unbranched alkanes of at least 4 members (excludes halogenated alkanes) is 1. The molecular formula is C17H25N3O4. The smallest absolute Gasteiger partial charge is 0.326 e. The van der Waals surface area contributed by atoms with Gasteiger partial charge in [0.1, 0.15) is 12.1 Å². The van der Waals surface area contributed by atoms with Crippen LogP contribution in [-0.2, 0) is 20.8 Å². The lowest BCUT2D eigenvalue weighted by Gasteiger charge is -2.21. The Hall–Kier alpha value is -2.41. The lowest BCUT2D eigenvalue weighted by atomic mass is 10.0. The molecule has 0 bridgehead atoms. The summed E-state index contributed by atoms with van der Waals surface area (Å²) in [5, 5.41) is 14.3. The predicted molar refractivity (Wildman–Crippen MR) is 90.2 cm³/mol. The van der Waals surface area contributed by atoms with Crippen molar-refractivity contribution in [2.75, 3.05) is 6.54 Å². The van der Waals surface area contributed by atoms with Gasteiger partial charge in [0.2, 0.25) is 11.8 Å². The normalized spacial score (nSPS) is 12.9. The van der Waals surface area contributed by atoms with E-state index in [1.54, 1.807) is 0 Å². The lowest BCUT2D eigenvalue weighted by Crippen LogP contribution is -2.52. The van der Waals surface area contributed by atoms with E-state index < -0.39 is 24.0 Å². The first-order chi connectivity index (χ1) is 11.4. The predicted octanol–water partition coefficient (Wildman–Crippen LogP) is 0.432. The van der Waals surface area contributed by atoms with Crippen molar-refractivity contribution in [2.45, 2.75) is 44.7 Å². The van der Waals surface area contributed by atoms with Gasteiger partial charge in [0.05, 0.1) is 0 Å². The highest BCUT2D eigenvalue weighted by molar-refractivity contribution is 5.90. The number of nitrogens with two attached hydrogens (primary N) is 1. The number of hydrogen-bond acceptors (Lipinski definition) is 4. The summed E-state index contributed by atoms with van der Waals surface area (Å²) in [5.41, 5.74) is 6.28.